The van der Waals surface area contributed by atoms with E-state index in [1.54, 1.807) is 0 Å². The van der Waals surface area contributed by atoms with Gasteiger partial charge in [-0.25, -0.2) is 13.6 Å². The smallest absolute Gasteiger partial charge is 0.353 e. The van der Waals surface area contributed by atoms with Crippen molar-refractivity contribution in [3.05, 3.63) is 63.9 Å². The van der Waals surface area contributed by atoms with Crippen LogP contribution >= 0.6 is 11.6 Å². The van der Waals surface area contributed by atoms with E-state index in [1.165, 1.54) is 4.90 Å². The van der Waals surface area contributed by atoms with Gasteiger partial charge < -0.3 is 15.5 Å². The number of piperazine rings is 1. The van der Waals surface area contributed by atoms with Crippen LogP contribution in [0.25, 0.3) is 0 Å². The molecule has 1 saturated carbocycles. The summed E-state index contributed by atoms with van der Waals surface area (Å²) in [6, 6.07) is 0.908. The molecule has 6 nitrogen and oxygen atoms in total. The van der Waals surface area contributed by atoms with Crippen molar-refractivity contribution in [3.8, 4) is 0 Å². The van der Waals surface area contributed by atoms with Crippen LogP contribution < -0.4 is 10.6 Å². The number of urea groups is 1. The van der Waals surface area contributed by atoms with Crippen molar-refractivity contribution < 1.29 is 31.5 Å². The van der Waals surface area contributed by atoms with Crippen LogP contribution in [0.5, 0.6) is 0 Å². The van der Waals surface area contributed by atoms with Gasteiger partial charge in [0.1, 0.15) is 28.4 Å². The molecular formula is C21H18ClF5N4O2. The van der Waals surface area contributed by atoms with Crippen LogP contribution in [0.1, 0.15) is 35.7 Å². The largest absolute Gasteiger partial charge is 0.433 e. The van der Waals surface area contributed by atoms with Gasteiger partial charge in [0.25, 0.3) is 0 Å². The molecule has 0 spiro atoms. The Labute approximate surface area is 190 Å². The first-order chi connectivity index (χ1) is 15.6. The van der Waals surface area contributed by atoms with Gasteiger partial charge in [-0.1, -0.05) is 23.7 Å². The fraction of sp³-hybridized carbons (Fsp3) is 0.381. The normalized spacial score (nSPS) is 19.8. The first kappa shape index (κ1) is 23.2. The number of nitrogens with zero attached hydrogens (tertiary/aromatic N) is 2. The number of nitrogens with one attached hydrogen (secondary N) is 2. The van der Waals surface area contributed by atoms with Crippen LogP contribution in [0.15, 0.2) is 30.5 Å². The first-order valence-electron chi connectivity index (χ1n) is 10.1. The van der Waals surface area contributed by atoms with Crippen molar-refractivity contribution in [1.29, 1.82) is 0 Å². The minimum absolute atomic E-state index is 0.000706. The molecule has 0 unspecified atom stereocenters. The quantitative estimate of drug-likeness (QED) is 0.504. The Balaban J connectivity index is 1.69. The third-order valence-electron chi connectivity index (χ3n) is 5.64. The summed E-state index contributed by atoms with van der Waals surface area (Å²) in [5.74, 6) is -2.51. The summed E-state index contributed by atoms with van der Waals surface area (Å²) in [6.07, 6.45) is -2.29. The molecule has 2 aliphatic rings. The summed E-state index contributed by atoms with van der Waals surface area (Å²) in [6.45, 7) is 0.419. The number of benzene rings is 1. The van der Waals surface area contributed by atoms with Gasteiger partial charge in [0.2, 0.25) is 5.91 Å². The van der Waals surface area contributed by atoms with E-state index >= 15 is 0 Å². The lowest BCUT2D eigenvalue weighted by atomic mass is 9.99. The van der Waals surface area contributed by atoms with Crippen molar-refractivity contribution >= 4 is 23.5 Å². The number of rotatable bonds is 4. The van der Waals surface area contributed by atoms with Crippen molar-refractivity contribution in [3.63, 3.8) is 0 Å². The molecule has 2 fully saturated rings. The molecule has 0 radical (unpaired) electrons. The molecule has 0 bridgehead atoms. The molecule has 2 N–H and O–H groups in total. The highest BCUT2D eigenvalue weighted by Crippen LogP contribution is 2.37. The summed E-state index contributed by atoms with van der Waals surface area (Å²) >= 11 is 5.69. The zero-order valence-electron chi connectivity index (χ0n) is 16.9. The highest BCUT2D eigenvalue weighted by atomic mass is 35.5. The van der Waals surface area contributed by atoms with E-state index in [2.05, 4.69) is 15.6 Å². The number of aromatic nitrogens is 1. The summed E-state index contributed by atoms with van der Waals surface area (Å²) in [4.78, 5) is 30.1. The second kappa shape index (κ2) is 8.77. The molecular weight excluding hydrogens is 471 g/mol. The minimum Gasteiger partial charge on any atom is -0.353 e. The average Bonchev–Trinajstić information content (AvgIpc) is 3.61. The van der Waals surface area contributed by atoms with Crippen LogP contribution in [0, 0.1) is 17.6 Å². The highest BCUT2D eigenvalue weighted by Gasteiger charge is 2.44. The number of pyridine rings is 1. The predicted molar refractivity (Wildman–Crippen MR) is 107 cm³/mol. The lowest BCUT2D eigenvalue weighted by Gasteiger charge is -2.36. The maximum Gasteiger partial charge on any atom is 0.433 e. The van der Waals surface area contributed by atoms with Crippen LogP contribution in [-0.2, 0) is 11.0 Å². The van der Waals surface area contributed by atoms with Gasteiger partial charge in [0, 0.05) is 24.8 Å². The minimum atomic E-state index is -4.69. The summed E-state index contributed by atoms with van der Waals surface area (Å²) in [5, 5.41) is 4.45. The van der Waals surface area contributed by atoms with Gasteiger partial charge >= 0.3 is 12.2 Å². The molecule has 1 aliphatic heterocycles. The molecule has 12 heteroatoms. The third-order valence-corrected chi connectivity index (χ3v) is 5.99. The maximum absolute atomic E-state index is 14.8. The molecule has 176 valence electrons. The summed E-state index contributed by atoms with van der Waals surface area (Å²) in [7, 11) is 0. The van der Waals surface area contributed by atoms with Crippen LogP contribution in [-0.4, -0.2) is 41.0 Å². The Bertz CT molecular complexity index is 1080. The van der Waals surface area contributed by atoms with Crippen molar-refractivity contribution in [1.82, 2.24) is 20.5 Å². The highest BCUT2D eigenvalue weighted by molar-refractivity contribution is 6.31. The van der Waals surface area contributed by atoms with Gasteiger partial charge in [-0.15, -0.1) is 0 Å². The number of hydrogen-bond donors (Lipinski definition) is 2. The number of alkyl halides is 3. The van der Waals surface area contributed by atoms with Crippen LogP contribution in [0.3, 0.4) is 0 Å². The molecule has 2 heterocycles. The topological polar surface area (TPSA) is 74.3 Å². The van der Waals surface area contributed by atoms with Crippen molar-refractivity contribution in [2.24, 2.45) is 5.92 Å². The van der Waals surface area contributed by atoms with Gasteiger partial charge in [-0.2, -0.15) is 13.2 Å². The van der Waals surface area contributed by atoms with Crippen molar-refractivity contribution in [2.75, 3.05) is 13.1 Å². The van der Waals surface area contributed by atoms with Crippen molar-refractivity contribution in [2.45, 2.75) is 31.1 Å². The molecule has 2 aromatic rings. The fourth-order valence-electron chi connectivity index (χ4n) is 3.85. The van der Waals surface area contributed by atoms with E-state index in [4.69, 9.17) is 11.6 Å². The fourth-order valence-corrected chi connectivity index (χ4v) is 4.02. The van der Waals surface area contributed by atoms with E-state index in [0.29, 0.717) is 6.07 Å². The Morgan fingerprint density at radius 1 is 1.21 bits per heavy atom. The Kier molecular flexibility index (Phi) is 6.17. The summed E-state index contributed by atoms with van der Waals surface area (Å²) < 4.78 is 67.3. The standard InChI is InChI=1S/C21H18ClF5N4O2/c22-15-13(23)5-4-12(16(15)24)17(11-3-6-14(29-9-11)21(25,26)27)30-20(33)31-8-7-28-19(32)18(31)10-1-2-10/h3-6,9-10,17-18H,1-2,7-8H2,(H,28,32)(H,30,33)/t17-,18+/m0/s1. The molecule has 1 saturated heterocycles. The molecule has 2 atom stereocenters. The van der Waals surface area contributed by atoms with Gasteiger partial charge in [-0.05, 0) is 36.5 Å². The van der Waals surface area contributed by atoms with Crippen LogP contribution in [0.2, 0.25) is 5.02 Å². The molecule has 1 aromatic heterocycles. The number of amides is 3. The number of carbonyl (C=O) groups is 2. The Morgan fingerprint density at radius 3 is 2.55 bits per heavy atom. The van der Waals surface area contributed by atoms with Crippen LogP contribution in [0.4, 0.5) is 26.7 Å². The monoisotopic (exact) mass is 488 g/mol. The van der Waals surface area contributed by atoms with E-state index in [-0.39, 0.29) is 36.0 Å². The lowest BCUT2D eigenvalue weighted by molar-refractivity contribution is -0.141. The number of carbonyl (C=O) groups excluding carboxylic acids is 2. The number of halogens is 6. The maximum atomic E-state index is 14.8. The van der Waals surface area contributed by atoms with Gasteiger partial charge in [0.15, 0.2) is 0 Å². The Morgan fingerprint density at radius 2 is 1.94 bits per heavy atom. The van der Waals surface area contributed by atoms with E-state index in [1.807, 2.05) is 0 Å². The summed E-state index contributed by atoms with van der Waals surface area (Å²) in [5.41, 5.74) is -1.42. The second-order valence-corrected chi connectivity index (χ2v) is 8.27. The molecule has 4 rings (SSSR count). The number of hydrogen-bond acceptors (Lipinski definition) is 3. The SMILES string of the molecule is O=C1NCCN(C(=O)N[C@@H](c2ccc(C(F)(F)F)nc2)c2ccc(F)c(Cl)c2F)[C@@H]1C1CC1. The van der Waals surface area contributed by atoms with E-state index in [0.717, 1.165) is 37.2 Å². The first-order valence-corrected chi connectivity index (χ1v) is 10.5. The predicted octanol–water partition coefficient (Wildman–Crippen LogP) is 4.04. The molecule has 3 amide bonds. The average molecular weight is 489 g/mol. The molecule has 1 aliphatic carbocycles. The zero-order chi connectivity index (χ0) is 23.9. The van der Waals surface area contributed by atoms with Gasteiger partial charge in [-0.3, -0.25) is 9.78 Å². The van der Waals surface area contributed by atoms with E-state index in [9.17, 15) is 31.5 Å². The van der Waals surface area contributed by atoms with E-state index < -0.39 is 46.6 Å². The Hall–Kier alpha value is -2.95. The lowest BCUT2D eigenvalue weighted by Crippen LogP contribution is -2.60. The second-order valence-electron chi connectivity index (χ2n) is 7.89. The molecule has 1 aromatic carbocycles. The zero-order valence-corrected chi connectivity index (χ0v) is 17.7. The molecule has 33 heavy (non-hydrogen) atoms. The van der Waals surface area contributed by atoms with Gasteiger partial charge in [0.05, 0.1) is 6.04 Å². The third kappa shape index (κ3) is 4.73.